The van der Waals surface area contributed by atoms with E-state index in [1.165, 1.54) is 33.4 Å². The third-order valence-electron chi connectivity index (χ3n) is 25.3. The van der Waals surface area contributed by atoms with Gasteiger partial charge in [-0.25, -0.2) is 14.4 Å². The number of hydrogen-bond acceptors (Lipinski definition) is 9. The summed E-state index contributed by atoms with van der Waals surface area (Å²) in [5.41, 5.74) is 5.12. The lowest BCUT2D eigenvalue weighted by Crippen LogP contribution is -2.75. The zero-order valence-corrected chi connectivity index (χ0v) is 53.1. The quantitative estimate of drug-likeness (QED) is 0.0884. The second-order valence-corrected chi connectivity index (χ2v) is 30.1. The Hall–Kier alpha value is -8.07. The lowest BCUT2D eigenvalue weighted by molar-refractivity contribution is -0.222. The van der Waals surface area contributed by atoms with Crippen molar-refractivity contribution in [3.8, 4) is 34.5 Å². The van der Waals surface area contributed by atoms with Gasteiger partial charge in [0.2, 0.25) is 0 Å². The van der Waals surface area contributed by atoms with E-state index in [1.54, 1.807) is 0 Å². The van der Waals surface area contributed by atoms with Gasteiger partial charge >= 0.3 is 18.1 Å². The normalized spacial score (nSPS) is 33.5. The predicted octanol–water partition coefficient (Wildman–Crippen LogP) is 15.8. The van der Waals surface area contributed by atoms with Gasteiger partial charge in [-0.2, -0.15) is 0 Å². The summed E-state index contributed by atoms with van der Waals surface area (Å²) in [4.78, 5) is 44.0. The number of nitrogens with one attached hydrogen (secondary N) is 6. The summed E-state index contributed by atoms with van der Waals surface area (Å²) in [7, 11) is 0. The van der Waals surface area contributed by atoms with Crippen molar-refractivity contribution in [2.75, 3.05) is 0 Å². The number of carbonyl (C=O) groups is 3. The van der Waals surface area contributed by atoms with Crippen LogP contribution in [0.25, 0.3) is 32.3 Å². The monoisotopic (exact) mass is 1250 g/mol. The maximum Gasteiger partial charge on any atom is 0.315 e. The minimum Gasteiger partial charge on any atom is -0.446 e. The molecule has 6 bridgehead atoms. The van der Waals surface area contributed by atoms with Crippen LogP contribution in [0.5, 0.6) is 34.5 Å². The van der Waals surface area contributed by atoms with Crippen LogP contribution in [0.3, 0.4) is 0 Å². The van der Waals surface area contributed by atoms with Gasteiger partial charge in [-0.3, -0.25) is 0 Å². The molecule has 3 heterocycles. The van der Waals surface area contributed by atoms with Crippen LogP contribution in [-0.2, 0) is 19.3 Å². The molecule has 6 fully saturated rings. The van der Waals surface area contributed by atoms with E-state index < -0.39 is 34.0 Å². The molecule has 3 aliphatic heterocycles. The number of hydrogen-bond donors (Lipinski definition) is 6. The molecular weight excluding hydrogens is 1160 g/mol. The molecule has 0 unspecified atom stereocenters. The molecular formula is C78H84N6O9. The molecule has 0 aromatic heterocycles. The van der Waals surface area contributed by atoms with Crippen molar-refractivity contribution in [1.82, 2.24) is 31.9 Å². The second kappa shape index (κ2) is 21.0. The zero-order valence-electron chi connectivity index (χ0n) is 53.1. The number of ether oxygens (including phenoxy) is 6. The minimum atomic E-state index is -1.13. The van der Waals surface area contributed by atoms with Gasteiger partial charge in [0.15, 0.2) is 34.5 Å². The molecule has 9 aliphatic carbocycles. The number of rotatable bonds is 6. The summed E-state index contributed by atoms with van der Waals surface area (Å²) in [6.07, 6.45) is 24.5. The number of fused-ring (bicyclic) bond motifs is 12. The highest BCUT2D eigenvalue weighted by Crippen LogP contribution is 2.63. The number of benzene rings is 7. The molecule has 15 heteroatoms. The maximum absolute atomic E-state index is 14.7. The summed E-state index contributed by atoms with van der Waals surface area (Å²) >= 11 is 0. The van der Waals surface area contributed by atoms with Crippen LogP contribution in [0.2, 0.25) is 0 Å². The molecule has 15 nitrogen and oxygen atoms in total. The number of aryl methyl sites for hydroxylation is 3. The summed E-state index contributed by atoms with van der Waals surface area (Å²) in [5.74, 6) is 0.610. The lowest BCUT2D eigenvalue weighted by Gasteiger charge is -2.56. The first-order chi connectivity index (χ1) is 45.5. The van der Waals surface area contributed by atoms with E-state index in [1.807, 2.05) is 0 Å². The summed E-state index contributed by atoms with van der Waals surface area (Å²) < 4.78 is 45.2. The molecule has 7 aromatic rings. The predicted molar refractivity (Wildman–Crippen MR) is 354 cm³/mol. The first-order valence-corrected chi connectivity index (χ1v) is 35.7. The molecule has 7 aromatic carbocycles. The third kappa shape index (κ3) is 8.40. The van der Waals surface area contributed by atoms with Crippen molar-refractivity contribution in [2.24, 2.45) is 17.8 Å². The topological polar surface area (TPSA) is 179 Å². The van der Waals surface area contributed by atoms with Gasteiger partial charge in [0.25, 0.3) is 17.4 Å². The Morgan fingerprint density at radius 1 is 0.312 bits per heavy atom. The summed E-state index contributed by atoms with van der Waals surface area (Å²) in [6.45, 7) is 0. The average molecular weight is 1250 g/mol. The van der Waals surface area contributed by atoms with E-state index in [2.05, 4.69) is 141 Å². The Morgan fingerprint density at radius 3 is 0.796 bits per heavy atom. The van der Waals surface area contributed by atoms with Crippen LogP contribution in [0, 0.1) is 17.8 Å². The van der Waals surface area contributed by atoms with Crippen molar-refractivity contribution < 1.29 is 42.8 Å². The van der Waals surface area contributed by atoms with Crippen molar-refractivity contribution in [3.05, 3.63) is 143 Å². The number of urea groups is 3. The van der Waals surface area contributed by atoms with Gasteiger partial charge in [0.05, 0.1) is 18.1 Å². The second-order valence-electron chi connectivity index (χ2n) is 30.1. The molecule has 0 saturated heterocycles. The fraction of sp³-hybridized carbons (Fsp3) is 0.500. The van der Waals surface area contributed by atoms with Crippen molar-refractivity contribution in [1.29, 1.82) is 0 Å². The highest BCUT2D eigenvalue weighted by Gasteiger charge is 2.70. The van der Waals surface area contributed by atoms with Crippen LogP contribution < -0.4 is 60.3 Å². The van der Waals surface area contributed by atoms with Gasteiger partial charge < -0.3 is 60.3 Å². The zero-order chi connectivity index (χ0) is 61.9. The standard InChI is InChI=1S/C78H84N6O9/c85-70(79-61-31-7-19-46-16-1-4-28-52(46)61)82-73-34-10-22-49(23-11-35-73)76(73)88-64-40-55-56(41-65(64)89-76)58-43-67-69(93-78(91-67)51-26-14-38-75(78,39-15-27-51)84-72(87)81-63-33-9-21-48-18-3-6-30-54(48)63)45-60(58)59-44-68-66(42-57(55)59)90-77(92-68)50-24-12-36-74(77,37-13-25-50)83-71(86)80-62-32-8-20-47-17-2-5-29-53(47)62/h1-6,16-18,28-30,40-45,49-51,61-63H,7-15,19-27,31-39H2,(H2,79,82,85)(H2,80,83,86)(H2,81,84,87)/t49?,50?,51?,61-,62-,63-,73?,74?,75?,76?,77?,78?/m0/s1. The minimum absolute atomic E-state index is 0.0441. The Morgan fingerprint density at radius 2 is 0.548 bits per heavy atom. The Labute approximate surface area is 542 Å². The summed E-state index contributed by atoms with van der Waals surface area (Å²) in [5, 5.41) is 26.8. The first-order valence-electron chi connectivity index (χ1n) is 35.7. The van der Waals surface area contributed by atoms with E-state index in [0.717, 1.165) is 206 Å². The van der Waals surface area contributed by atoms with Crippen LogP contribution in [-0.4, -0.2) is 52.1 Å². The van der Waals surface area contributed by atoms with Crippen LogP contribution >= 0.6 is 0 Å². The van der Waals surface area contributed by atoms with E-state index in [4.69, 9.17) is 28.4 Å². The third-order valence-corrected chi connectivity index (χ3v) is 25.3. The van der Waals surface area contributed by atoms with Crippen molar-refractivity contribution in [2.45, 2.75) is 225 Å². The van der Waals surface area contributed by atoms with Crippen LogP contribution in [0.1, 0.15) is 206 Å². The molecule has 93 heavy (non-hydrogen) atoms. The van der Waals surface area contributed by atoms with E-state index in [-0.39, 0.29) is 54.0 Å². The highest BCUT2D eigenvalue weighted by molar-refractivity contribution is 6.27. The number of carbonyl (C=O) groups excluding carboxylic acids is 3. The summed E-state index contributed by atoms with van der Waals surface area (Å²) in [6, 6.07) is 37.8. The molecule has 6 saturated carbocycles. The molecule has 480 valence electrons. The van der Waals surface area contributed by atoms with Gasteiger partial charge in [-0.05, 0) is 237 Å². The highest BCUT2D eigenvalue weighted by atomic mass is 16.8. The smallest absolute Gasteiger partial charge is 0.315 e. The molecule has 6 N–H and O–H groups in total. The fourth-order valence-corrected chi connectivity index (χ4v) is 21.3. The SMILES string of the molecule is O=C(N[C@H]1CCCc2ccccc21)NC12CCCC(CCC1)C21Oc2cc3c4cc5c(cc4c4cc6c(cc4c3cc2O1)OC1(O6)C2CCCC1(NC(=O)N[C@H]1CCCc3ccccc31)CCC2)OC1(O5)C2CCCC1(NC(=O)N[C@H]1CCCc3ccccc31)CCC2. The Bertz CT molecular complexity index is 3690. The lowest BCUT2D eigenvalue weighted by atomic mass is 9.62. The van der Waals surface area contributed by atoms with Gasteiger partial charge in [-0.15, -0.1) is 0 Å². The van der Waals surface area contributed by atoms with Crippen LogP contribution in [0.15, 0.2) is 109 Å². The largest absolute Gasteiger partial charge is 0.446 e. The molecule has 6 amide bonds. The van der Waals surface area contributed by atoms with Crippen LogP contribution in [0.4, 0.5) is 14.4 Å². The van der Waals surface area contributed by atoms with Crippen molar-refractivity contribution in [3.63, 3.8) is 0 Å². The van der Waals surface area contributed by atoms with Gasteiger partial charge in [0.1, 0.15) is 16.6 Å². The molecule has 3 spiro atoms. The van der Waals surface area contributed by atoms with E-state index in [9.17, 15) is 14.4 Å². The van der Waals surface area contributed by atoms with E-state index >= 15 is 0 Å². The first kappa shape index (κ1) is 56.5. The number of amides is 6. The molecule has 19 rings (SSSR count). The fourth-order valence-electron chi connectivity index (χ4n) is 21.3. The van der Waals surface area contributed by atoms with Gasteiger partial charge in [-0.1, -0.05) is 111 Å². The molecule has 3 atom stereocenters. The maximum atomic E-state index is 14.7. The van der Waals surface area contributed by atoms with Gasteiger partial charge in [0, 0.05) is 17.8 Å². The molecule has 12 aliphatic rings. The van der Waals surface area contributed by atoms with Crippen molar-refractivity contribution >= 4 is 50.4 Å². The average Bonchev–Trinajstić information content (AvgIpc) is 1.58. The Balaban J connectivity index is 0.717. The van der Waals surface area contributed by atoms with E-state index in [0.29, 0.717) is 34.5 Å². The Kier molecular flexibility index (Phi) is 12.7. The molecule has 0 radical (unpaired) electrons.